The molecule has 0 aromatic carbocycles. The van der Waals surface area contributed by atoms with Crippen LogP contribution in [0.15, 0.2) is 12.2 Å². The number of allylic oxidation sites excluding steroid dienone is 2. The lowest BCUT2D eigenvalue weighted by molar-refractivity contribution is -0.914. The molecule has 0 spiro atoms. The van der Waals surface area contributed by atoms with E-state index in [4.69, 9.17) is 9.05 Å². The molecule has 1 N–H and O–H groups in total. The van der Waals surface area contributed by atoms with Crippen LogP contribution in [0.25, 0.3) is 0 Å². The second kappa shape index (κ2) is 24.6. The van der Waals surface area contributed by atoms with Crippen molar-refractivity contribution in [1.29, 1.82) is 0 Å². The lowest BCUT2D eigenvalue weighted by Gasteiger charge is -2.37. The highest BCUT2D eigenvalue weighted by atomic mass is 31.2. The van der Waals surface area contributed by atoms with Crippen molar-refractivity contribution in [3.05, 3.63) is 12.2 Å². The van der Waals surface area contributed by atoms with Gasteiger partial charge in [-0.25, -0.2) is 4.57 Å². The van der Waals surface area contributed by atoms with Crippen molar-refractivity contribution in [2.24, 2.45) is 0 Å². The second-order valence-electron chi connectivity index (χ2n) is 12.0. The number of unbranched alkanes of at least 4 members (excludes halogenated alkanes) is 18. The SMILES string of the molecule is CCCCCCCC/C=C\CCCCCCCCCCCCCCOP(=O)(O)OCC[N+]1(C)CCCCC1. The Bertz CT molecular complexity index is 592. The maximum absolute atomic E-state index is 12.1. The predicted molar refractivity (Wildman–Crippen MR) is 164 cm³/mol. The average molecular weight is 559 g/mol. The molecule has 1 aliphatic rings. The smallest absolute Gasteiger partial charge is 0.324 e. The maximum atomic E-state index is 12.1. The van der Waals surface area contributed by atoms with Crippen molar-refractivity contribution in [2.45, 2.75) is 155 Å². The molecule has 0 aliphatic carbocycles. The van der Waals surface area contributed by atoms with E-state index in [0.29, 0.717) is 13.2 Å². The van der Waals surface area contributed by atoms with Gasteiger partial charge in [-0.3, -0.25) is 9.05 Å². The highest BCUT2D eigenvalue weighted by Gasteiger charge is 2.27. The molecule has 1 rings (SSSR count). The number of hydrogen-bond donors (Lipinski definition) is 1. The third-order valence-electron chi connectivity index (χ3n) is 8.19. The molecule has 38 heavy (non-hydrogen) atoms. The van der Waals surface area contributed by atoms with Crippen LogP contribution in [0.4, 0.5) is 0 Å². The van der Waals surface area contributed by atoms with Crippen LogP contribution in [-0.4, -0.2) is 49.3 Å². The minimum Gasteiger partial charge on any atom is -0.324 e. The average Bonchev–Trinajstić information content (AvgIpc) is 2.89. The van der Waals surface area contributed by atoms with Crippen molar-refractivity contribution in [1.82, 2.24) is 0 Å². The van der Waals surface area contributed by atoms with Gasteiger partial charge in [0.1, 0.15) is 13.2 Å². The molecule has 0 bridgehead atoms. The fourth-order valence-corrected chi connectivity index (χ4v) is 6.25. The first kappa shape index (κ1) is 35.8. The van der Waals surface area contributed by atoms with Crippen LogP contribution >= 0.6 is 7.82 Å². The van der Waals surface area contributed by atoms with Gasteiger partial charge in [0.25, 0.3) is 0 Å². The number of rotatable bonds is 27. The molecule has 6 heteroatoms. The van der Waals surface area contributed by atoms with Crippen molar-refractivity contribution in [2.75, 3.05) is 39.9 Å². The topological polar surface area (TPSA) is 55.8 Å². The summed E-state index contributed by atoms with van der Waals surface area (Å²) in [5, 5.41) is 0. The van der Waals surface area contributed by atoms with E-state index in [9.17, 15) is 9.46 Å². The summed E-state index contributed by atoms with van der Waals surface area (Å²) >= 11 is 0. The van der Waals surface area contributed by atoms with Gasteiger partial charge in [0.2, 0.25) is 0 Å². The Morgan fingerprint density at radius 3 is 1.55 bits per heavy atom. The molecule has 1 atom stereocenters. The van der Waals surface area contributed by atoms with Gasteiger partial charge < -0.3 is 9.38 Å². The van der Waals surface area contributed by atoms with E-state index >= 15 is 0 Å². The molecule has 1 heterocycles. The van der Waals surface area contributed by atoms with Crippen LogP contribution in [0, 0.1) is 0 Å². The summed E-state index contributed by atoms with van der Waals surface area (Å²) in [6.07, 6.45) is 34.7. The third kappa shape index (κ3) is 22.6. The minimum atomic E-state index is -3.90. The van der Waals surface area contributed by atoms with E-state index in [1.165, 1.54) is 135 Å². The number of hydrogen-bond acceptors (Lipinski definition) is 3. The number of piperidine rings is 1. The van der Waals surface area contributed by atoms with Gasteiger partial charge in [-0.2, -0.15) is 0 Å². The van der Waals surface area contributed by atoms with Crippen molar-refractivity contribution in [3.8, 4) is 0 Å². The molecule has 1 unspecified atom stereocenters. The Labute approximate surface area is 237 Å². The summed E-state index contributed by atoms with van der Waals surface area (Å²) in [5.74, 6) is 0. The number of phosphoric ester groups is 1. The standard InChI is InChI=1S/C32H64NO4P/c1-3-4-5-6-7-8-9-10-11-12-13-14-15-16-17-18-19-20-21-22-23-27-31-36-38(34,35)37-32-30-33(2)28-25-24-26-29-33/h10-11H,3-9,12-32H2,1-2H3/p+1/b11-10-. The van der Waals surface area contributed by atoms with Crippen molar-refractivity contribution < 1.29 is 23.0 Å². The molecule has 0 aromatic heterocycles. The lowest BCUT2D eigenvalue weighted by atomic mass is 10.0. The van der Waals surface area contributed by atoms with Crippen molar-refractivity contribution in [3.63, 3.8) is 0 Å². The number of quaternary nitrogens is 1. The number of phosphoric acid groups is 1. The lowest BCUT2D eigenvalue weighted by Crippen LogP contribution is -2.49. The largest absolute Gasteiger partial charge is 0.472 e. The molecular weight excluding hydrogens is 493 g/mol. The monoisotopic (exact) mass is 558 g/mol. The van der Waals surface area contributed by atoms with E-state index < -0.39 is 7.82 Å². The molecule has 0 aromatic rings. The van der Waals surface area contributed by atoms with Gasteiger partial charge in [-0.15, -0.1) is 0 Å². The van der Waals surface area contributed by atoms with Crippen LogP contribution in [0.5, 0.6) is 0 Å². The summed E-state index contributed by atoms with van der Waals surface area (Å²) in [6.45, 7) is 5.94. The van der Waals surface area contributed by atoms with Crippen LogP contribution in [0.3, 0.4) is 0 Å². The summed E-state index contributed by atoms with van der Waals surface area (Å²) in [7, 11) is -1.69. The molecule has 0 saturated carbocycles. The van der Waals surface area contributed by atoms with Gasteiger partial charge in [0, 0.05) is 0 Å². The summed E-state index contributed by atoms with van der Waals surface area (Å²) in [4.78, 5) is 9.90. The van der Waals surface area contributed by atoms with Crippen molar-refractivity contribution >= 4 is 7.82 Å². The van der Waals surface area contributed by atoms with Gasteiger partial charge in [0.15, 0.2) is 0 Å². The second-order valence-corrected chi connectivity index (χ2v) is 13.5. The molecule has 1 aliphatic heterocycles. The third-order valence-corrected chi connectivity index (χ3v) is 9.21. The Morgan fingerprint density at radius 1 is 0.632 bits per heavy atom. The van der Waals surface area contributed by atoms with Crippen LogP contribution in [0.2, 0.25) is 0 Å². The number of likely N-dealkylation sites (N-methyl/N-ethyl adjacent to an activating group) is 1. The Balaban J connectivity index is 1.77. The summed E-state index contributed by atoms with van der Waals surface area (Å²) < 4.78 is 23.4. The Hall–Kier alpha value is -0.190. The fourth-order valence-electron chi connectivity index (χ4n) is 5.50. The van der Waals surface area contributed by atoms with Gasteiger partial charge in [-0.1, -0.05) is 115 Å². The normalized spacial score (nSPS) is 17.2. The Morgan fingerprint density at radius 2 is 1.05 bits per heavy atom. The van der Waals surface area contributed by atoms with Gasteiger partial charge >= 0.3 is 7.82 Å². The fraction of sp³-hybridized carbons (Fsp3) is 0.938. The molecule has 226 valence electrons. The zero-order valence-corrected chi connectivity index (χ0v) is 26.4. The van der Waals surface area contributed by atoms with Crippen LogP contribution < -0.4 is 0 Å². The number of nitrogens with zero attached hydrogens (tertiary/aromatic N) is 1. The van der Waals surface area contributed by atoms with Crippen LogP contribution in [-0.2, 0) is 13.6 Å². The molecule has 5 nitrogen and oxygen atoms in total. The van der Waals surface area contributed by atoms with E-state index in [2.05, 4.69) is 26.1 Å². The summed E-state index contributed by atoms with van der Waals surface area (Å²) in [6, 6.07) is 0. The zero-order valence-electron chi connectivity index (χ0n) is 25.5. The molecular formula is C32H65NO4P+. The first-order valence-corrected chi connectivity index (χ1v) is 18.1. The minimum absolute atomic E-state index is 0.293. The molecule has 1 saturated heterocycles. The maximum Gasteiger partial charge on any atom is 0.472 e. The van der Waals surface area contributed by atoms with Gasteiger partial charge in [0.05, 0.1) is 26.7 Å². The quantitative estimate of drug-likeness (QED) is 0.0471. The predicted octanol–water partition coefficient (Wildman–Crippen LogP) is 10.1. The molecule has 0 amide bonds. The number of likely N-dealkylation sites (tertiary alicyclic amines) is 1. The van der Waals surface area contributed by atoms with E-state index in [1.54, 1.807) is 0 Å². The summed E-state index contributed by atoms with van der Waals surface area (Å²) in [5.41, 5.74) is 0. The first-order chi connectivity index (χ1) is 18.5. The Kier molecular flexibility index (Phi) is 23.2. The van der Waals surface area contributed by atoms with E-state index in [1.807, 2.05) is 0 Å². The zero-order chi connectivity index (χ0) is 27.6. The van der Waals surface area contributed by atoms with Gasteiger partial charge in [-0.05, 0) is 51.4 Å². The van der Waals surface area contributed by atoms with Crippen LogP contribution in [0.1, 0.15) is 155 Å². The highest BCUT2D eigenvalue weighted by Crippen LogP contribution is 2.43. The molecule has 0 radical (unpaired) electrons. The van der Waals surface area contributed by atoms with E-state index in [0.717, 1.165) is 37.0 Å². The molecule has 1 fully saturated rings. The highest BCUT2D eigenvalue weighted by molar-refractivity contribution is 7.47. The van der Waals surface area contributed by atoms with E-state index in [-0.39, 0.29) is 0 Å². The first-order valence-electron chi connectivity index (χ1n) is 16.6.